The summed E-state index contributed by atoms with van der Waals surface area (Å²) < 4.78 is 10.9. The van der Waals surface area contributed by atoms with Crippen molar-refractivity contribution in [3.8, 4) is 11.5 Å². The second kappa shape index (κ2) is 22.3. The van der Waals surface area contributed by atoms with Gasteiger partial charge in [0.1, 0.15) is 35.0 Å². The molecule has 0 saturated carbocycles. The number of carbonyl (C=O) groups is 8. The summed E-state index contributed by atoms with van der Waals surface area (Å²) >= 11 is 5.36. The van der Waals surface area contributed by atoms with Crippen LogP contribution in [0.3, 0.4) is 0 Å². The molecule has 2 aromatic rings. The Hall–Kier alpha value is -5.01. The van der Waals surface area contributed by atoms with Gasteiger partial charge < -0.3 is 35.7 Å². The molecular weight excluding hydrogens is 761 g/mol. The van der Waals surface area contributed by atoms with Gasteiger partial charge in [-0.1, -0.05) is 47.8 Å². The minimum atomic E-state index is -1.21. The quantitative estimate of drug-likeness (QED) is 0.0393. The minimum absolute atomic E-state index is 0.0453. The highest BCUT2D eigenvalue weighted by molar-refractivity contribution is 8.15. The molecule has 0 bridgehead atoms. The third kappa shape index (κ3) is 15.2. The summed E-state index contributed by atoms with van der Waals surface area (Å²) in [4.78, 5) is 102. The predicted molar refractivity (Wildman–Crippen MR) is 208 cm³/mol. The lowest BCUT2D eigenvalue weighted by Gasteiger charge is -2.20. The fraction of sp³-hybridized carbons (Fsp3) is 0.371. The van der Waals surface area contributed by atoms with Gasteiger partial charge in [-0.05, 0) is 24.3 Å². The summed E-state index contributed by atoms with van der Waals surface area (Å²) in [7, 11) is 3.26. The number of ether oxygens (including phenoxy) is 2. The maximum Gasteiger partial charge on any atom is 0.347 e. The van der Waals surface area contributed by atoms with Gasteiger partial charge in [0.2, 0.25) is 28.0 Å². The van der Waals surface area contributed by atoms with Crippen LogP contribution < -0.4 is 25.4 Å². The highest BCUT2D eigenvalue weighted by Crippen LogP contribution is 2.27. The third-order valence-electron chi connectivity index (χ3n) is 6.98. The molecule has 2 aromatic carbocycles. The Morgan fingerprint density at radius 3 is 1.76 bits per heavy atom. The molecule has 0 aliphatic carbocycles. The molecule has 3 atom stereocenters. The molecule has 0 saturated heterocycles. The van der Waals surface area contributed by atoms with Gasteiger partial charge in [-0.3, -0.25) is 34.2 Å². The van der Waals surface area contributed by atoms with Crippen molar-refractivity contribution in [2.75, 3.05) is 31.4 Å². The van der Waals surface area contributed by atoms with E-state index in [0.29, 0.717) is 23.5 Å². The van der Waals surface area contributed by atoms with Gasteiger partial charge >= 0.3 is 11.9 Å². The average molecular weight is 803 g/mol. The van der Waals surface area contributed by atoms with Crippen molar-refractivity contribution in [1.29, 1.82) is 10.8 Å². The zero-order valence-electron chi connectivity index (χ0n) is 30.2. The first kappa shape index (κ1) is 45.1. The van der Waals surface area contributed by atoms with Crippen LogP contribution >= 0.6 is 36.2 Å². The number of hydrogen-bond acceptors (Lipinski definition) is 15. The number of amides is 3. The fourth-order valence-electron chi connectivity index (χ4n) is 4.34. The molecule has 3 unspecified atom stereocenters. The molecule has 0 aliphatic heterocycles. The van der Waals surface area contributed by atoms with E-state index in [0.717, 1.165) is 0 Å². The number of nitrogens with zero attached hydrogens (tertiary/aromatic N) is 1. The van der Waals surface area contributed by atoms with Crippen LogP contribution in [0.1, 0.15) is 54.3 Å². The van der Waals surface area contributed by atoms with Gasteiger partial charge in [0, 0.05) is 70.7 Å². The van der Waals surface area contributed by atoms with Crippen LogP contribution in [0.15, 0.2) is 48.5 Å². The van der Waals surface area contributed by atoms with E-state index < -0.39 is 63.8 Å². The van der Waals surface area contributed by atoms with E-state index >= 15 is 0 Å². The summed E-state index contributed by atoms with van der Waals surface area (Å²) in [6.07, 6.45) is -0.429. The van der Waals surface area contributed by atoms with Crippen molar-refractivity contribution in [1.82, 2.24) is 20.9 Å². The number of carbonyl (C=O) groups excluding carboxylic acids is 8. The molecule has 290 valence electrons. The van der Waals surface area contributed by atoms with Crippen molar-refractivity contribution in [3.05, 3.63) is 59.7 Å². The summed E-state index contributed by atoms with van der Waals surface area (Å²) in [6.45, 7) is 3.60. The molecule has 0 radical (unpaired) electrons. The number of thiol groups is 1. The SMILES string of the molecule is CC(=O)NC(CSC(=O)C(CSC(=O)c1ccccc1OC(=O)c1ccccc1OC(=O)C(CS)NC(C)=O)NC(C)=O)C(=O)CC(=N)CC(=N)N(C)C. The van der Waals surface area contributed by atoms with E-state index in [-0.39, 0.29) is 64.3 Å². The predicted octanol–water partition coefficient (Wildman–Crippen LogP) is 2.30. The van der Waals surface area contributed by atoms with E-state index in [1.165, 1.54) is 74.2 Å². The highest BCUT2D eigenvalue weighted by Gasteiger charge is 2.28. The third-order valence-corrected chi connectivity index (χ3v) is 9.40. The molecule has 16 nitrogen and oxygen atoms in total. The van der Waals surface area contributed by atoms with Gasteiger partial charge in [0.25, 0.3) is 0 Å². The Morgan fingerprint density at radius 2 is 1.20 bits per heavy atom. The first-order valence-corrected chi connectivity index (χ1v) is 18.7. The maximum atomic E-state index is 13.4. The van der Waals surface area contributed by atoms with Crippen LogP contribution in [0.2, 0.25) is 0 Å². The Kier molecular flexibility index (Phi) is 18.6. The molecule has 0 fully saturated rings. The molecule has 5 N–H and O–H groups in total. The van der Waals surface area contributed by atoms with Crippen LogP contribution in [0, 0.1) is 10.8 Å². The van der Waals surface area contributed by atoms with Crippen molar-refractivity contribution in [3.63, 3.8) is 0 Å². The van der Waals surface area contributed by atoms with Gasteiger partial charge in [-0.15, -0.1) is 0 Å². The van der Waals surface area contributed by atoms with Crippen LogP contribution in [-0.2, 0) is 28.8 Å². The van der Waals surface area contributed by atoms with Crippen LogP contribution in [0.25, 0.3) is 0 Å². The van der Waals surface area contributed by atoms with Gasteiger partial charge in [-0.2, -0.15) is 12.6 Å². The Morgan fingerprint density at radius 1 is 0.704 bits per heavy atom. The van der Waals surface area contributed by atoms with Gasteiger partial charge in [-0.25, -0.2) is 9.59 Å². The molecule has 0 heterocycles. The number of esters is 2. The molecule has 54 heavy (non-hydrogen) atoms. The zero-order chi connectivity index (χ0) is 40.5. The lowest BCUT2D eigenvalue weighted by Crippen LogP contribution is -2.44. The van der Waals surface area contributed by atoms with Crippen LogP contribution in [-0.4, -0.2) is 112 Å². The highest BCUT2D eigenvalue weighted by atomic mass is 32.2. The van der Waals surface area contributed by atoms with Crippen molar-refractivity contribution in [2.24, 2.45) is 0 Å². The summed E-state index contributed by atoms with van der Waals surface area (Å²) in [5.74, 6) is -4.71. The Bertz CT molecular complexity index is 1790. The lowest BCUT2D eigenvalue weighted by molar-refractivity contribution is -0.138. The smallest absolute Gasteiger partial charge is 0.347 e. The van der Waals surface area contributed by atoms with Gasteiger partial charge in [0.05, 0.1) is 11.6 Å². The first-order chi connectivity index (χ1) is 25.4. The summed E-state index contributed by atoms with van der Waals surface area (Å²) in [5, 5.41) is 22.1. The molecule has 3 amide bonds. The van der Waals surface area contributed by atoms with E-state index in [2.05, 4.69) is 28.6 Å². The molecule has 0 aliphatic rings. The van der Waals surface area contributed by atoms with E-state index in [4.69, 9.17) is 20.3 Å². The van der Waals surface area contributed by atoms with Gasteiger partial charge in [0.15, 0.2) is 5.78 Å². The second-order valence-electron chi connectivity index (χ2n) is 11.7. The summed E-state index contributed by atoms with van der Waals surface area (Å²) in [6, 6.07) is 8.05. The largest absolute Gasteiger partial charge is 0.424 e. The normalized spacial score (nSPS) is 12.2. The first-order valence-electron chi connectivity index (χ1n) is 16.1. The maximum absolute atomic E-state index is 13.4. The number of hydrogen-bond donors (Lipinski definition) is 6. The number of nitrogens with one attached hydrogen (secondary N) is 5. The monoisotopic (exact) mass is 802 g/mol. The fourth-order valence-corrected chi connectivity index (χ4v) is 6.51. The van der Waals surface area contributed by atoms with Crippen molar-refractivity contribution < 1.29 is 47.8 Å². The summed E-state index contributed by atoms with van der Waals surface area (Å²) in [5.41, 5.74) is -0.249. The molecule has 0 aromatic heterocycles. The number of rotatable bonds is 19. The molecular formula is C35H42N6O10S3. The molecule has 19 heteroatoms. The van der Waals surface area contributed by atoms with Crippen LogP contribution in [0.4, 0.5) is 0 Å². The molecule has 2 rings (SSSR count). The lowest BCUT2D eigenvalue weighted by atomic mass is 10.1. The van der Waals surface area contributed by atoms with Crippen LogP contribution in [0.5, 0.6) is 11.5 Å². The number of ketones is 1. The number of benzene rings is 2. The number of para-hydroxylation sites is 2. The van der Waals surface area contributed by atoms with Crippen molar-refractivity contribution >= 4 is 93.4 Å². The number of Topliss-reactive ketones (excluding diaryl/α,β-unsaturated/α-hetero) is 1. The van der Waals surface area contributed by atoms with E-state index in [9.17, 15) is 38.4 Å². The Labute approximate surface area is 326 Å². The topological polar surface area (TPSA) is 242 Å². The number of thioether (sulfide) groups is 2. The Balaban J connectivity index is 2.16. The second-order valence-corrected chi connectivity index (χ2v) is 14.1. The molecule has 0 spiro atoms. The number of amidine groups is 1. The van der Waals surface area contributed by atoms with E-state index in [1.54, 1.807) is 14.1 Å². The van der Waals surface area contributed by atoms with Crippen molar-refractivity contribution in [2.45, 2.75) is 51.7 Å². The standard InChI is InChI=1S/C35H42N6O10S3/c1-19(42)38-25(16-52)33(47)51-29-12-8-6-10-23(29)32(46)50-30-13-9-7-11-24(30)34(48)53-18-27(40-21(3)44)35(49)54-17-26(39-20(2)43)28(45)14-22(36)15-31(37)41(4)5/h6-13,25-27,36-37,52H,14-18H2,1-5H3,(H,38,42)(H,39,43)(H,40,44). The minimum Gasteiger partial charge on any atom is -0.424 e. The van der Waals surface area contributed by atoms with E-state index in [1.807, 2.05) is 0 Å². The average Bonchev–Trinajstić information content (AvgIpc) is 3.10. The zero-order valence-corrected chi connectivity index (χ0v) is 32.7.